The Morgan fingerprint density at radius 2 is 1.87 bits per heavy atom. The molecule has 3 aromatic carbocycles. The van der Waals surface area contributed by atoms with Gasteiger partial charge in [0.2, 0.25) is 5.78 Å². The van der Waals surface area contributed by atoms with Crippen molar-refractivity contribution in [2.75, 3.05) is 13.7 Å². The standard InChI is InChI=1S/C26H20O5/c1-28-20-7-4-5-17(12-20)15-29-21-9-10-22-24(14-21)31-25(26(22)27)13-18-11-19-6-2-3-8-23(19)30-16-18/h2-14H,15-16H2,1H3/b25-13-. The highest BCUT2D eigenvalue weighted by Crippen LogP contribution is 2.35. The Bertz CT molecular complexity index is 1220. The Hall–Kier alpha value is -3.99. The van der Waals surface area contributed by atoms with Gasteiger partial charge in [0.05, 0.1) is 12.7 Å². The summed E-state index contributed by atoms with van der Waals surface area (Å²) < 4.78 is 22.7. The molecule has 0 spiro atoms. The molecule has 5 heteroatoms. The van der Waals surface area contributed by atoms with Gasteiger partial charge in [-0.05, 0) is 53.6 Å². The minimum atomic E-state index is -0.144. The van der Waals surface area contributed by atoms with Crippen molar-refractivity contribution in [1.82, 2.24) is 0 Å². The van der Waals surface area contributed by atoms with Gasteiger partial charge in [-0.25, -0.2) is 0 Å². The van der Waals surface area contributed by atoms with Crippen molar-refractivity contribution in [1.29, 1.82) is 0 Å². The first-order chi connectivity index (χ1) is 15.2. The number of hydrogen-bond acceptors (Lipinski definition) is 5. The molecule has 2 aliphatic heterocycles. The van der Waals surface area contributed by atoms with Crippen LogP contribution >= 0.6 is 0 Å². The molecular formula is C26H20O5. The van der Waals surface area contributed by atoms with Gasteiger partial charge in [0, 0.05) is 11.6 Å². The van der Waals surface area contributed by atoms with Gasteiger partial charge >= 0.3 is 0 Å². The maximum atomic E-state index is 12.8. The van der Waals surface area contributed by atoms with Gasteiger partial charge in [-0.2, -0.15) is 0 Å². The summed E-state index contributed by atoms with van der Waals surface area (Å²) >= 11 is 0. The SMILES string of the molecule is COc1cccc(COc2ccc3c(c2)O/C(=C\C2=Cc4ccccc4OC2)C3=O)c1. The second kappa shape index (κ2) is 8.03. The predicted octanol–water partition coefficient (Wildman–Crippen LogP) is 5.21. The minimum absolute atomic E-state index is 0.144. The molecule has 0 radical (unpaired) electrons. The first-order valence-electron chi connectivity index (χ1n) is 9.96. The summed E-state index contributed by atoms with van der Waals surface area (Å²) in [6.07, 6.45) is 3.75. The summed E-state index contributed by atoms with van der Waals surface area (Å²) in [5.74, 6) is 2.89. The van der Waals surface area contributed by atoms with Crippen LogP contribution in [0.5, 0.6) is 23.0 Å². The lowest BCUT2D eigenvalue weighted by Gasteiger charge is -2.15. The molecule has 2 aliphatic rings. The van der Waals surface area contributed by atoms with Crippen LogP contribution in [0.15, 0.2) is 84.1 Å². The highest BCUT2D eigenvalue weighted by Gasteiger charge is 2.28. The summed E-state index contributed by atoms with van der Waals surface area (Å²) in [7, 11) is 1.63. The number of ether oxygens (including phenoxy) is 4. The van der Waals surface area contributed by atoms with Crippen LogP contribution in [0.4, 0.5) is 0 Å². The molecule has 3 aromatic rings. The Kier molecular flexibility index (Phi) is 4.92. The number of allylic oxidation sites excluding steroid dienone is 1. The fourth-order valence-corrected chi connectivity index (χ4v) is 3.57. The van der Waals surface area contributed by atoms with E-state index in [4.69, 9.17) is 18.9 Å². The normalized spacial score (nSPS) is 15.5. The molecule has 0 N–H and O–H groups in total. The van der Waals surface area contributed by atoms with E-state index in [1.807, 2.05) is 54.6 Å². The Labute approximate surface area is 180 Å². The molecule has 0 atom stereocenters. The van der Waals surface area contributed by atoms with Crippen molar-refractivity contribution in [3.63, 3.8) is 0 Å². The van der Waals surface area contributed by atoms with Gasteiger partial charge in [0.1, 0.15) is 36.2 Å². The van der Waals surface area contributed by atoms with Crippen LogP contribution in [0, 0.1) is 0 Å². The van der Waals surface area contributed by atoms with E-state index in [1.165, 1.54) is 0 Å². The van der Waals surface area contributed by atoms with E-state index in [0.717, 1.165) is 28.2 Å². The van der Waals surface area contributed by atoms with Crippen molar-refractivity contribution in [3.8, 4) is 23.0 Å². The fourth-order valence-electron chi connectivity index (χ4n) is 3.57. The van der Waals surface area contributed by atoms with Gasteiger partial charge in [-0.15, -0.1) is 0 Å². The maximum absolute atomic E-state index is 12.8. The molecule has 0 unspecified atom stereocenters. The molecule has 2 heterocycles. The van der Waals surface area contributed by atoms with Crippen molar-refractivity contribution >= 4 is 11.9 Å². The molecule has 31 heavy (non-hydrogen) atoms. The number of rotatable bonds is 5. The molecule has 0 bridgehead atoms. The monoisotopic (exact) mass is 412 g/mol. The first-order valence-corrected chi connectivity index (χ1v) is 9.96. The highest BCUT2D eigenvalue weighted by atomic mass is 16.5. The van der Waals surface area contributed by atoms with Crippen molar-refractivity contribution < 1.29 is 23.7 Å². The molecule has 0 fully saturated rings. The third-order valence-corrected chi connectivity index (χ3v) is 5.15. The van der Waals surface area contributed by atoms with Gasteiger partial charge < -0.3 is 18.9 Å². The van der Waals surface area contributed by atoms with Crippen LogP contribution < -0.4 is 18.9 Å². The predicted molar refractivity (Wildman–Crippen MR) is 117 cm³/mol. The number of methoxy groups -OCH3 is 1. The molecule has 0 aromatic heterocycles. The Balaban J connectivity index is 1.32. The molecule has 0 aliphatic carbocycles. The number of hydrogen-bond donors (Lipinski definition) is 0. The van der Waals surface area contributed by atoms with Crippen molar-refractivity contribution in [2.24, 2.45) is 0 Å². The highest BCUT2D eigenvalue weighted by molar-refractivity contribution is 6.12. The number of carbonyl (C=O) groups is 1. The van der Waals surface area contributed by atoms with Gasteiger partial charge in [-0.3, -0.25) is 4.79 Å². The van der Waals surface area contributed by atoms with Crippen LogP contribution in [0.3, 0.4) is 0 Å². The Morgan fingerprint density at radius 3 is 2.77 bits per heavy atom. The zero-order valence-corrected chi connectivity index (χ0v) is 17.0. The largest absolute Gasteiger partial charge is 0.497 e. The average Bonchev–Trinajstić information content (AvgIpc) is 3.12. The van der Waals surface area contributed by atoms with Crippen LogP contribution in [0.25, 0.3) is 6.08 Å². The zero-order chi connectivity index (χ0) is 21.2. The average molecular weight is 412 g/mol. The number of Topliss-reactive ketones (excluding diaryl/α,β-unsaturated/α-hetero) is 1. The third kappa shape index (κ3) is 3.90. The number of fused-ring (bicyclic) bond motifs is 2. The number of ketones is 1. The number of carbonyl (C=O) groups excluding carboxylic acids is 1. The van der Waals surface area contributed by atoms with E-state index in [1.54, 1.807) is 31.4 Å². The molecule has 5 rings (SSSR count). The second-order valence-electron chi connectivity index (χ2n) is 7.28. The van der Waals surface area contributed by atoms with Crippen LogP contribution in [-0.4, -0.2) is 19.5 Å². The number of benzene rings is 3. The molecule has 154 valence electrons. The van der Waals surface area contributed by atoms with Gasteiger partial charge in [0.15, 0.2) is 5.76 Å². The lowest BCUT2D eigenvalue weighted by molar-refractivity contribution is 0.101. The lowest BCUT2D eigenvalue weighted by Crippen LogP contribution is -2.08. The van der Waals surface area contributed by atoms with Crippen molar-refractivity contribution in [2.45, 2.75) is 6.61 Å². The van der Waals surface area contributed by atoms with Crippen LogP contribution in [0.1, 0.15) is 21.5 Å². The quantitative estimate of drug-likeness (QED) is 0.539. The lowest BCUT2D eigenvalue weighted by atomic mass is 10.1. The number of para-hydroxylation sites is 1. The van der Waals surface area contributed by atoms with E-state index >= 15 is 0 Å². The summed E-state index contributed by atoms with van der Waals surface area (Å²) in [6.45, 7) is 0.776. The first kappa shape index (κ1) is 19.0. The van der Waals surface area contributed by atoms with E-state index in [-0.39, 0.29) is 11.5 Å². The van der Waals surface area contributed by atoms with E-state index in [9.17, 15) is 4.79 Å². The topological polar surface area (TPSA) is 54.0 Å². The fraction of sp³-hybridized carbons (Fsp3) is 0.115. The third-order valence-electron chi connectivity index (χ3n) is 5.15. The molecule has 5 nitrogen and oxygen atoms in total. The van der Waals surface area contributed by atoms with E-state index in [0.29, 0.717) is 30.3 Å². The summed E-state index contributed by atoms with van der Waals surface area (Å²) in [6, 6.07) is 20.7. The second-order valence-corrected chi connectivity index (χ2v) is 7.28. The van der Waals surface area contributed by atoms with E-state index in [2.05, 4.69) is 0 Å². The summed E-state index contributed by atoms with van der Waals surface area (Å²) in [5.41, 5.74) is 3.38. The van der Waals surface area contributed by atoms with Gasteiger partial charge in [-0.1, -0.05) is 30.3 Å². The smallest absolute Gasteiger partial charge is 0.231 e. The summed E-state index contributed by atoms with van der Waals surface area (Å²) in [4.78, 5) is 12.8. The minimum Gasteiger partial charge on any atom is -0.497 e. The summed E-state index contributed by atoms with van der Waals surface area (Å²) in [5, 5.41) is 0. The van der Waals surface area contributed by atoms with Crippen LogP contribution in [0.2, 0.25) is 0 Å². The molecule has 0 saturated carbocycles. The van der Waals surface area contributed by atoms with Crippen molar-refractivity contribution in [3.05, 3.63) is 101 Å². The van der Waals surface area contributed by atoms with E-state index < -0.39 is 0 Å². The Morgan fingerprint density at radius 1 is 0.968 bits per heavy atom. The van der Waals surface area contributed by atoms with Gasteiger partial charge in [0.25, 0.3) is 0 Å². The maximum Gasteiger partial charge on any atom is 0.231 e. The molecular weight excluding hydrogens is 392 g/mol. The zero-order valence-electron chi connectivity index (χ0n) is 17.0. The van der Waals surface area contributed by atoms with Crippen LogP contribution in [-0.2, 0) is 6.61 Å². The molecule has 0 saturated heterocycles. The molecule has 0 amide bonds.